The van der Waals surface area contributed by atoms with Gasteiger partial charge in [-0.2, -0.15) is 13.4 Å². The number of carbonyl (C=O) groups excluding carboxylic acids is 2. The Labute approximate surface area is 149 Å². The van der Waals surface area contributed by atoms with Crippen molar-refractivity contribution >= 4 is 27.9 Å². The van der Waals surface area contributed by atoms with Crippen LogP contribution in [0.3, 0.4) is 0 Å². The van der Waals surface area contributed by atoms with E-state index in [1.54, 1.807) is 24.3 Å². The molecule has 2 aromatic rings. The summed E-state index contributed by atoms with van der Waals surface area (Å²) in [6, 6.07) is 9.52. The molecular weight excluding hydrogens is 360 g/mol. The molecule has 8 nitrogen and oxygen atoms in total. The lowest BCUT2D eigenvalue weighted by Gasteiger charge is -2.10. The van der Waals surface area contributed by atoms with E-state index in [1.165, 1.54) is 32.4 Å². The van der Waals surface area contributed by atoms with Crippen LogP contribution in [0.2, 0.25) is 0 Å². The molecule has 0 saturated heterocycles. The zero-order valence-electron chi connectivity index (χ0n) is 13.9. The van der Waals surface area contributed by atoms with E-state index in [4.69, 9.17) is 9.47 Å². The smallest absolute Gasteiger partial charge is 0.296 e. The van der Waals surface area contributed by atoms with Crippen molar-refractivity contribution in [2.75, 3.05) is 14.2 Å². The summed E-state index contributed by atoms with van der Waals surface area (Å²) in [4.78, 5) is 24.0. The summed E-state index contributed by atoms with van der Waals surface area (Å²) in [5.74, 6) is 0.480. The summed E-state index contributed by atoms with van der Waals surface area (Å²) in [5, 5.41) is 0. The Morgan fingerprint density at radius 3 is 2.12 bits per heavy atom. The summed E-state index contributed by atoms with van der Waals surface area (Å²) in [7, 11) is -1.38. The highest BCUT2D eigenvalue weighted by Crippen LogP contribution is 2.31. The van der Waals surface area contributed by atoms with Crippen LogP contribution in [0.1, 0.15) is 11.1 Å². The fourth-order valence-corrected chi connectivity index (χ4v) is 3.18. The van der Waals surface area contributed by atoms with E-state index < -0.39 is 10.0 Å². The third-order valence-corrected chi connectivity index (χ3v) is 4.69. The minimum absolute atomic E-state index is 0.0654. The molecule has 134 valence electrons. The molecule has 2 aromatic carbocycles. The number of ether oxygens (including phenoxy) is 2. The van der Waals surface area contributed by atoms with Gasteiger partial charge >= 0.3 is 0 Å². The highest BCUT2D eigenvalue weighted by molar-refractivity contribution is 7.90. The standard InChI is InChI=1S/C17H14N2O6S/c1-24-15-8-12(3-5-14(15)18-10-20)7-13-4-6-17(16(9-13)25-2)26(22,23)19-11-21/h3-6,8-9H,7H2,1-2H3. The van der Waals surface area contributed by atoms with Crippen LogP contribution in [0, 0.1) is 0 Å². The molecule has 0 bridgehead atoms. The molecule has 26 heavy (non-hydrogen) atoms. The molecule has 0 spiro atoms. The van der Waals surface area contributed by atoms with Gasteiger partial charge in [0.15, 0.2) is 0 Å². The second-order valence-corrected chi connectivity index (χ2v) is 6.60. The van der Waals surface area contributed by atoms with Gasteiger partial charge in [0.2, 0.25) is 6.08 Å². The summed E-state index contributed by atoms with van der Waals surface area (Å²) in [6.45, 7) is 0. The Morgan fingerprint density at radius 2 is 1.54 bits per heavy atom. The second-order valence-electron chi connectivity index (χ2n) is 5.03. The number of hydrogen-bond acceptors (Lipinski definition) is 7. The molecule has 0 unspecified atom stereocenters. The van der Waals surface area contributed by atoms with Gasteiger partial charge in [-0.25, -0.2) is 9.59 Å². The predicted molar refractivity (Wildman–Crippen MR) is 91.9 cm³/mol. The van der Waals surface area contributed by atoms with Crippen LogP contribution in [0.5, 0.6) is 11.5 Å². The molecule has 0 atom stereocenters. The monoisotopic (exact) mass is 374 g/mol. The maximum atomic E-state index is 11.9. The van der Waals surface area contributed by atoms with Crippen molar-refractivity contribution in [1.29, 1.82) is 0 Å². The molecular formula is C17H14N2O6S. The topological polar surface area (TPSA) is 111 Å². The quantitative estimate of drug-likeness (QED) is 0.543. The lowest BCUT2D eigenvalue weighted by molar-refractivity contribution is 0.402. The summed E-state index contributed by atoms with van der Waals surface area (Å²) in [5.41, 5.74) is 1.96. The van der Waals surface area contributed by atoms with Crippen molar-refractivity contribution in [3.8, 4) is 11.5 Å². The van der Waals surface area contributed by atoms with Gasteiger partial charge in [-0.1, -0.05) is 16.5 Å². The van der Waals surface area contributed by atoms with Gasteiger partial charge in [0.05, 0.1) is 14.2 Å². The molecule has 0 amide bonds. The number of benzene rings is 2. The Hall–Kier alpha value is -3.25. The molecule has 0 aromatic heterocycles. The Morgan fingerprint density at radius 1 is 0.923 bits per heavy atom. The van der Waals surface area contributed by atoms with Gasteiger partial charge in [0, 0.05) is 0 Å². The van der Waals surface area contributed by atoms with Crippen LogP contribution in [-0.4, -0.2) is 34.8 Å². The normalized spacial score (nSPS) is 10.4. The molecule has 9 heteroatoms. The predicted octanol–water partition coefficient (Wildman–Crippen LogP) is 2.29. The number of hydrogen-bond donors (Lipinski definition) is 0. The molecule has 0 N–H and O–H groups in total. The molecule has 0 radical (unpaired) electrons. The average Bonchev–Trinajstić information content (AvgIpc) is 2.62. The minimum Gasteiger partial charge on any atom is -0.495 e. The fraction of sp³-hybridized carbons (Fsp3) is 0.176. The number of nitrogens with zero attached hydrogens (tertiary/aromatic N) is 2. The largest absolute Gasteiger partial charge is 0.495 e. The van der Waals surface area contributed by atoms with Gasteiger partial charge in [-0.15, -0.1) is 0 Å². The van der Waals surface area contributed by atoms with Crippen LogP contribution in [0.25, 0.3) is 0 Å². The van der Waals surface area contributed by atoms with Crippen molar-refractivity contribution < 1.29 is 27.5 Å². The minimum atomic E-state index is -4.16. The Balaban J connectivity index is 2.39. The summed E-state index contributed by atoms with van der Waals surface area (Å²) >= 11 is 0. The second kappa shape index (κ2) is 8.22. The molecule has 2 rings (SSSR count). The number of rotatable bonds is 7. The van der Waals surface area contributed by atoms with E-state index in [9.17, 15) is 18.0 Å². The van der Waals surface area contributed by atoms with Crippen LogP contribution in [-0.2, 0) is 26.0 Å². The molecule has 0 saturated carbocycles. The first-order chi connectivity index (χ1) is 12.4. The van der Waals surface area contributed by atoms with Crippen LogP contribution in [0.4, 0.5) is 5.69 Å². The van der Waals surface area contributed by atoms with Crippen molar-refractivity contribution in [1.82, 2.24) is 0 Å². The molecule has 0 fully saturated rings. The summed E-state index contributed by atoms with van der Waals surface area (Å²) < 4.78 is 36.9. The first-order valence-corrected chi connectivity index (χ1v) is 8.65. The van der Waals surface area contributed by atoms with E-state index in [2.05, 4.69) is 9.39 Å². The SMILES string of the molecule is COc1cc(Cc2ccc(S(=O)(=O)N=C=O)c(OC)c2)ccc1N=C=O. The molecule has 0 heterocycles. The first kappa shape index (κ1) is 19.1. The van der Waals surface area contributed by atoms with E-state index in [0.29, 0.717) is 17.9 Å². The third-order valence-electron chi connectivity index (χ3n) is 3.48. The molecule has 0 aliphatic carbocycles. The van der Waals surface area contributed by atoms with E-state index in [-0.39, 0.29) is 10.6 Å². The van der Waals surface area contributed by atoms with E-state index in [0.717, 1.165) is 17.2 Å². The maximum absolute atomic E-state index is 11.9. The van der Waals surface area contributed by atoms with Gasteiger partial charge in [-0.3, -0.25) is 0 Å². The Kier molecular flexibility index (Phi) is 6.03. The highest BCUT2D eigenvalue weighted by atomic mass is 32.2. The third kappa shape index (κ3) is 4.23. The number of aliphatic imine (C=N–C) groups is 1. The van der Waals surface area contributed by atoms with E-state index >= 15 is 0 Å². The Bertz CT molecular complexity index is 1020. The van der Waals surface area contributed by atoms with Crippen molar-refractivity contribution in [3.63, 3.8) is 0 Å². The average molecular weight is 374 g/mol. The number of isocyanates is 2. The zero-order valence-corrected chi connectivity index (χ0v) is 14.7. The van der Waals surface area contributed by atoms with Gasteiger partial charge < -0.3 is 9.47 Å². The maximum Gasteiger partial charge on any atom is 0.296 e. The number of sulfonamides is 1. The van der Waals surface area contributed by atoms with Gasteiger partial charge in [0.25, 0.3) is 16.1 Å². The van der Waals surface area contributed by atoms with E-state index in [1.807, 2.05) is 0 Å². The lowest BCUT2D eigenvalue weighted by atomic mass is 10.0. The van der Waals surface area contributed by atoms with Crippen LogP contribution >= 0.6 is 0 Å². The van der Waals surface area contributed by atoms with Gasteiger partial charge in [-0.05, 0) is 41.8 Å². The fourth-order valence-electron chi connectivity index (χ4n) is 2.34. The highest BCUT2D eigenvalue weighted by Gasteiger charge is 2.19. The van der Waals surface area contributed by atoms with Crippen molar-refractivity contribution in [2.45, 2.75) is 11.3 Å². The van der Waals surface area contributed by atoms with Crippen LogP contribution in [0.15, 0.2) is 50.7 Å². The van der Waals surface area contributed by atoms with Crippen molar-refractivity contribution in [2.24, 2.45) is 9.39 Å². The lowest BCUT2D eigenvalue weighted by Crippen LogP contribution is -2.01. The van der Waals surface area contributed by atoms with Gasteiger partial charge in [0.1, 0.15) is 22.1 Å². The number of methoxy groups -OCH3 is 2. The van der Waals surface area contributed by atoms with Crippen molar-refractivity contribution in [3.05, 3.63) is 47.5 Å². The van der Waals surface area contributed by atoms with Crippen LogP contribution < -0.4 is 9.47 Å². The molecule has 0 aliphatic heterocycles. The molecule has 0 aliphatic rings. The first-order valence-electron chi connectivity index (χ1n) is 7.21. The summed E-state index contributed by atoms with van der Waals surface area (Å²) in [6.07, 6.45) is 2.92. The zero-order chi connectivity index (χ0) is 19.2.